The highest BCUT2D eigenvalue weighted by Gasteiger charge is 2.24. The average Bonchev–Trinajstić information content (AvgIpc) is 3.35. The van der Waals surface area contributed by atoms with E-state index in [0.29, 0.717) is 13.2 Å². The van der Waals surface area contributed by atoms with Crippen molar-refractivity contribution in [1.82, 2.24) is 20.9 Å². The van der Waals surface area contributed by atoms with Crippen LogP contribution in [0.15, 0.2) is 24.3 Å². The first kappa shape index (κ1) is 53.8. The number of amides is 1. The van der Waals surface area contributed by atoms with E-state index in [0.717, 1.165) is 84.2 Å². The van der Waals surface area contributed by atoms with Gasteiger partial charge in [0.25, 0.3) is 0 Å². The molecule has 1 atom stereocenters. The minimum atomic E-state index is -0.867. The Morgan fingerprint density at radius 1 is 0.534 bits per heavy atom. The standard InChI is InChI=1S/C49H92N4O5/c1-3-5-7-9-11-13-15-17-19-21-23-25-27-29-31-33-43-57-48(55)36-35-46(52-47(54)45-53-41-39-50-37-38-51-40-42-53)49(56)58-44-34-32-30-28-26-24-22-20-18-16-14-12-10-8-6-4-2/h17-20,46,50-51H,3-16,21-45H2,1-2H3,(H,52,54)/b19-17-,20-18-. The lowest BCUT2D eigenvalue weighted by Crippen LogP contribution is -2.48. The molecule has 9 heteroatoms. The van der Waals surface area contributed by atoms with Crippen molar-refractivity contribution in [3.8, 4) is 0 Å². The molecule has 0 bridgehead atoms. The van der Waals surface area contributed by atoms with Crippen molar-refractivity contribution in [2.24, 2.45) is 0 Å². The first-order valence-corrected chi connectivity index (χ1v) is 24.6. The van der Waals surface area contributed by atoms with Crippen molar-refractivity contribution >= 4 is 17.8 Å². The van der Waals surface area contributed by atoms with E-state index in [2.05, 4.69) is 59.0 Å². The van der Waals surface area contributed by atoms with E-state index in [1.807, 2.05) is 0 Å². The Kier molecular flexibility index (Phi) is 39.8. The molecule has 1 fully saturated rings. The van der Waals surface area contributed by atoms with E-state index < -0.39 is 12.0 Å². The molecule has 58 heavy (non-hydrogen) atoms. The molecule has 338 valence electrons. The summed E-state index contributed by atoms with van der Waals surface area (Å²) in [6, 6.07) is -0.867. The van der Waals surface area contributed by atoms with E-state index in [9.17, 15) is 14.4 Å². The molecular formula is C49H92N4O5. The van der Waals surface area contributed by atoms with Crippen LogP contribution in [0.3, 0.4) is 0 Å². The number of ether oxygens (including phenoxy) is 2. The minimum Gasteiger partial charge on any atom is -0.466 e. The SMILES string of the molecule is CCCCCCCC/C=C\CCCCCCCCOC(=O)CCC(NC(=O)CN1CCNCCNCC1)C(=O)OCCCCCCCC/C=C\CCCCCCCC. The van der Waals surface area contributed by atoms with E-state index in [4.69, 9.17) is 9.47 Å². The van der Waals surface area contributed by atoms with Gasteiger partial charge in [-0.3, -0.25) is 14.5 Å². The van der Waals surface area contributed by atoms with Crippen LogP contribution in [-0.4, -0.2) is 87.8 Å². The number of rotatable bonds is 39. The van der Waals surface area contributed by atoms with Crippen molar-refractivity contribution in [3.05, 3.63) is 24.3 Å². The summed E-state index contributed by atoms with van der Waals surface area (Å²) >= 11 is 0. The van der Waals surface area contributed by atoms with Crippen LogP contribution in [0.5, 0.6) is 0 Å². The molecule has 1 unspecified atom stereocenters. The van der Waals surface area contributed by atoms with Crippen LogP contribution < -0.4 is 16.0 Å². The Morgan fingerprint density at radius 3 is 1.38 bits per heavy atom. The fourth-order valence-corrected chi connectivity index (χ4v) is 7.36. The summed E-state index contributed by atoms with van der Waals surface area (Å²) in [6.07, 6.45) is 44.0. The van der Waals surface area contributed by atoms with Gasteiger partial charge in [0.1, 0.15) is 6.04 Å². The number of unbranched alkanes of at least 4 members (excludes halogenated alkanes) is 24. The third kappa shape index (κ3) is 36.8. The quantitative estimate of drug-likeness (QED) is 0.0320. The molecule has 1 aliphatic rings. The second-order valence-corrected chi connectivity index (χ2v) is 16.7. The van der Waals surface area contributed by atoms with Crippen molar-refractivity contribution in [2.45, 2.75) is 213 Å². The molecule has 1 saturated heterocycles. The van der Waals surface area contributed by atoms with Gasteiger partial charge < -0.3 is 25.4 Å². The fourth-order valence-electron chi connectivity index (χ4n) is 7.36. The van der Waals surface area contributed by atoms with E-state index >= 15 is 0 Å². The van der Waals surface area contributed by atoms with Crippen LogP contribution in [0.2, 0.25) is 0 Å². The summed E-state index contributed by atoms with van der Waals surface area (Å²) in [5.41, 5.74) is 0. The summed E-state index contributed by atoms with van der Waals surface area (Å²) < 4.78 is 11.2. The van der Waals surface area contributed by atoms with Crippen molar-refractivity contribution < 1.29 is 23.9 Å². The lowest BCUT2D eigenvalue weighted by Gasteiger charge is -2.23. The Balaban J connectivity index is 2.28. The topological polar surface area (TPSA) is 109 Å². The molecule has 0 spiro atoms. The molecule has 0 aliphatic carbocycles. The highest BCUT2D eigenvalue weighted by Crippen LogP contribution is 2.13. The van der Waals surface area contributed by atoms with Gasteiger partial charge in [0.05, 0.1) is 19.8 Å². The normalized spacial score (nSPS) is 14.7. The smallest absolute Gasteiger partial charge is 0.328 e. The summed E-state index contributed by atoms with van der Waals surface area (Å²) in [7, 11) is 0. The first-order chi connectivity index (χ1) is 28.6. The molecule has 1 heterocycles. The van der Waals surface area contributed by atoms with Gasteiger partial charge in [-0.2, -0.15) is 0 Å². The van der Waals surface area contributed by atoms with Gasteiger partial charge in [0.2, 0.25) is 5.91 Å². The van der Waals surface area contributed by atoms with E-state index in [1.54, 1.807) is 0 Å². The molecule has 0 saturated carbocycles. The number of allylic oxidation sites excluding steroid dienone is 4. The number of carbonyl (C=O) groups is 3. The Bertz CT molecular complexity index is 996. The molecule has 0 aromatic heterocycles. The van der Waals surface area contributed by atoms with Gasteiger partial charge in [0.15, 0.2) is 0 Å². The lowest BCUT2D eigenvalue weighted by atomic mass is 10.1. The van der Waals surface area contributed by atoms with E-state index in [-0.39, 0.29) is 31.3 Å². The number of nitrogens with one attached hydrogen (secondary N) is 3. The van der Waals surface area contributed by atoms with Crippen LogP contribution in [-0.2, 0) is 23.9 Å². The molecule has 0 aromatic rings. The third-order valence-electron chi connectivity index (χ3n) is 11.1. The molecular weight excluding hydrogens is 725 g/mol. The van der Waals surface area contributed by atoms with Crippen LogP contribution in [0.4, 0.5) is 0 Å². The summed E-state index contributed by atoms with van der Waals surface area (Å²) in [5.74, 6) is -1.02. The van der Waals surface area contributed by atoms with Crippen LogP contribution in [0.1, 0.15) is 206 Å². The minimum absolute atomic E-state index is 0.0677. The van der Waals surface area contributed by atoms with Gasteiger partial charge >= 0.3 is 11.9 Å². The summed E-state index contributed by atoms with van der Waals surface area (Å²) in [4.78, 5) is 41.0. The Hall–Kier alpha value is -2.23. The predicted octanol–water partition coefficient (Wildman–Crippen LogP) is 10.9. The predicted molar refractivity (Wildman–Crippen MR) is 244 cm³/mol. The second-order valence-electron chi connectivity index (χ2n) is 16.7. The maximum atomic E-state index is 13.2. The maximum Gasteiger partial charge on any atom is 0.328 e. The number of carbonyl (C=O) groups excluding carboxylic acids is 3. The Labute approximate surface area is 357 Å². The van der Waals surface area contributed by atoms with Gasteiger partial charge in [-0.15, -0.1) is 0 Å². The highest BCUT2D eigenvalue weighted by molar-refractivity contribution is 5.86. The molecule has 1 amide bonds. The monoisotopic (exact) mass is 817 g/mol. The zero-order valence-electron chi connectivity index (χ0n) is 38.0. The fraction of sp³-hybridized carbons (Fsp3) is 0.857. The van der Waals surface area contributed by atoms with Crippen LogP contribution >= 0.6 is 0 Å². The van der Waals surface area contributed by atoms with Crippen LogP contribution in [0.25, 0.3) is 0 Å². The molecule has 1 aliphatic heterocycles. The number of hydrogen-bond acceptors (Lipinski definition) is 8. The van der Waals surface area contributed by atoms with Gasteiger partial charge in [0, 0.05) is 45.7 Å². The van der Waals surface area contributed by atoms with Crippen molar-refractivity contribution in [1.29, 1.82) is 0 Å². The molecule has 3 N–H and O–H groups in total. The molecule has 0 aromatic carbocycles. The highest BCUT2D eigenvalue weighted by atomic mass is 16.5. The summed E-state index contributed by atoms with van der Waals surface area (Å²) in [5, 5.41) is 9.63. The average molecular weight is 817 g/mol. The summed E-state index contributed by atoms with van der Waals surface area (Å²) in [6.45, 7) is 10.4. The maximum absolute atomic E-state index is 13.2. The first-order valence-electron chi connectivity index (χ1n) is 24.6. The van der Waals surface area contributed by atoms with Gasteiger partial charge in [-0.05, 0) is 70.6 Å². The van der Waals surface area contributed by atoms with E-state index in [1.165, 1.54) is 135 Å². The largest absolute Gasteiger partial charge is 0.466 e. The van der Waals surface area contributed by atoms with Gasteiger partial charge in [-0.25, -0.2) is 4.79 Å². The Morgan fingerprint density at radius 2 is 0.931 bits per heavy atom. The van der Waals surface area contributed by atoms with Gasteiger partial charge in [-0.1, -0.05) is 154 Å². The zero-order chi connectivity index (χ0) is 41.8. The molecule has 9 nitrogen and oxygen atoms in total. The van der Waals surface area contributed by atoms with Crippen LogP contribution in [0, 0.1) is 0 Å². The number of esters is 2. The third-order valence-corrected chi connectivity index (χ3v) is 11.1. The number of hydrogen-bond donors (Lipinski definition) is 3. The van der Waals surface area contributed by atoms with Crippen molar-refractivity contribution in [2.75, 3.05) is 59.0 Å². The second kappa shape index (κ2) is 42.9. The molecule has 1 rings (SSSR count). The lowest BCUT2D eigenvalue weighted by molar-refractivity contribution is -0.149. The zero-order valence-corrected chi connectivity index (χ0v) is 38.0. The van der Waals surface area contributed by atoms with Crippen molar-refractivity contribution in [3.63, 3.8) is 0 Å². The molecule has 0 radical (unpaired) electrons. The number of nitrogens with zero attached hydrogens (tertiary/aromatic N) is 1.